The van der Waals surface area contributed by atoms with Gasteiger partial charge in [-0.05, 0) is 30.5 Å². The average Bonchev–Trinajstić information content (AvgIpc) is 3.59. The molecule has 34 heavy (non-hydrogen) atoms. The van der Waals surface area contributed by atoms with Crippen molar-refractivity contribution in [3.05, 3.63) is 71.6 Å². The number of carbonyl (C=O) groups is 1. The molecule has 0 radical (unpaired) electrons. The summed E-state index contributed by atoms with van der Waals surface area (Å²) in [6, 6.07) is 14.9. The maximum atomic E-state index is 13.4. The molecule has 1 fully saturated rings. The number of halogens is 3. The van der Waals surface area contributed by atoms with Crippen LogP contribution in [0.25, 0.3) is 21.8 Å². The Morgan fingerprint density at radius 1 is 1.09 bits per heavy atom. The van der Waals surface area contributed by atoms with Crippen LogP contribution in [-0.2, 0) is 0 Å². The van der Waals surface area contributed by atoms with Crippen LogP contribution in [0.2, 0.25) is 0 Å². The molecule has 1 saturated heterocycles. The van der Waals surface area contributed by atoms with Crippen molar-refractivity contribution in [3.63, 3.8) is 0 Å². The number of amides is 1. The van der Waals surface area contributed by atoms with E-state index in [9.17, 15) is 18.0 Å². The SMILES string of the molecule is O=C(c1ncsc1-c1ccccc1)N1CCCC1c1nnc(-c2ccccc2OC(F)(F)F)[nH]1. The highest BCUT2D eigenvalue weighted by Gasteiger charge is 2.36. The summed E-state index contributed by atoms with van der Waals surface area (Å²) >= 11 is 1.39. The average molecular weight is 485 g/mol. The number of thiazole rings is 1. The van der Waals surface area contributed by atoms with Gasteiger partial charge in [0.2, 0.25) is 0 Å². The summed E-state index contributed by atoms with van der Waals surface area (Å²) in [5.74, 6) is -0.0691. The van der Waals surface area contributed by atoms with Crippen molar-refractivity contribution < 1.29 is 22.7 Å². The molecule has 7 nitrogen and oxygen atoms in total. The fraction of sp³-hybridized carbons (Fsp3) is 0.217. The summed E-state index contributed by atoms with van der Waals surface area (Å²) in [4.78, 5) is 23.2. The number of hydrogen-bond acceptors (Lipinski definition) is 6. The topological polar surface area (TPSA) is 84.0 Å². The molecule has 1 atom stereocenters. The summed E-state index contributed by atoms with van der Waals surface area (Å²) < 4.78 is 42.5. The van der Waals surface area contributed by atoms with E-state index in [2.05, 4.69) is 24.9 Å². The number of hydrogen-bond donors (Lipinski definition) is 1. The molecule has 3 heterocycles. The third-order valence-electron chi connectivity index (χ3n) is 5.51. The second kappa shape index (κ2) is 8.90. The summed E-state index contributed by atoms with van der Waals surface area (Å²) in [7, 11) is 0. The molecule has 2 aromatic carbocycles. The Balaban J connectivity index is 1.42. The predicted molar refractivity (Wildman–Crippen MR) is 119 cm³/mol. The van der Waals surface area contributed by atoms with Gasteiger partial charge in [0.15, 0.2) is 11.6 Å². The van der Waals surface area contributed by atoms with Gasteiger partial charge in [-0.15, -0.1) is 34.7 Å². The minimum atomic E-state index is -4.84. The molecule has 4 aromatic rings. The maximum absolute atomic E-state index is 13.4. The molecule has 1 N–H and O–H groups in total. The molecule has 0 spiro atoms. The fourth-order valence-electron chi connectivity index (χ4n) is 4.05. The number of nitrogens with one attached hydrogen (secondary N) is 1. The minimum absolute atomic E-state index is 0.125. The first-order valence-corrected chi connectivity index (χ1v) is 11.4. The van der Waals surface area contributed by atoms with Gasteiger partial charge >= 0.3 is 6.36 Å². The van der Waals surface area contributed by atoms with Gasteiger partial charge in [-0.1, -0.05) is 42.5 Å². The van der Waals surface area contributed by atoms with Crippen LogP contribution in [0.15, 0.2) is 60.1 Å². The van der Waals surface area contributed by atoms with Crippen molar-refractivity contribution in [2.24, 2.45) is 0 Å². The molecule has 0 bridgehead atoms. The van der Waals surface area contributed by atoms with E-state index in [1.165, 1.54) is 29.5 Å². The zero-order valence-electron chi connectivity index (χ0n) is 17.6. The van der Waals surface area contributed by atoms with Crippen LogP contribution in [0.3, 0.4) is 0 Å². The number of H-pyrrole nitrogens is 1. The largest absolute Gasteiger partial charge is 0.573 e. The highest BCUT2D eigenvalue weighted by Crippen LogP contribution is 2.36. The molecule has 1 unspecified atom stereocenters. The number of rotatable bonds is 5. The first-order valence-electron chi connectivity index (χ1n) is 10.5. The number of alkyl halides is 3. The molecule has 1 aliphatic heterocycles. The first-order chi connectivity index (χ1) is 16.4. The second-order valence-electron chi connectivity index (χ2n) is 7.66. The number of likely N-dealkylation sites (tertiary alicyclic amines) is 1. The van der Waals surface area contributed by atoms with Crippen LogP contribution >= 0.6 is 11.3 Å². The van der Waals surface area contributed by atoms with Crippen LogP contribution in [0.4, 0.5) is 13.2 Å². The molecule has 0 saturated carbocycles. The lowest BCUT2D eigenvalue weighted by molar-refractivity contribution is -0.274. The van der Waals surface area contributed by atoms with Gasteiger partial charge in [0.25, 0.3) is 5.91 Å². The van der Waals surface area contributed by atoms with Crippen molar-refractivity contribution in [1.82, 2.24) is 25.1 Å². The van der Waals surface area contributed by atoms with E-state index in [1.54, 1.807) is 16.5 Å². The molecule has 11 heteroatoms. The van der Waals surface area contributed by atoms with Crippen molar-refractivity contribution in [2.45, 2.75) is 25.2 Å². The third-order valence-corrected chi connectivity index (χ3v) is 6.38. The first kappa shape index (κ1) is 22.1. The molecule has 174 valence electrons. The van der Waals surface area contributed by atoms with Crippen LogP contribution in [0.5, 0.6) is 5.75 Å². The number of para-hydroxylation sites is 1. The molecular formula is C23H18F3N5O2S. The Bertz CT molecular complexity index is 1310. The van der Waals surface area contributed by atoms with Gasteiger partial charge in [0.1, 0.15) is 11.4 Å². The molecule has 5 rings (SSSR count). The lowest BCUT2D eigenvalue weighted by atomic mass is 10.1. The lowest BCUT2D eigenvalue weighted by Crippen LogP contribution is -2.31. The number of ether oxygens (including phenoxy) is 1. The summed E-state index contributed by atoms with van der Waals surface area (Å²) in [6.07, 6.45) is -3.44. The smallest absolute Gasteiger partial charge is 0.405 e. The van der Waals surface area contributed by atoms with E-state index in [4.69, 9.17) is 0 Å². The summed E-state index contributed by atoms with van der Waals surface area (Å²) in [5, 5.41) is 8.19. The van der Waals surface area contributed by atoms with Crippen LogP contribution in [0, 0.1) is 0 Å². The quantitative estimate of drug-likeness (QED) is 0.405. The van der Waals surface area contributed by atoms with Crippen LogP contribution < -0.4 is 4.74 Å². The number of nitrogens with zero attached hydrogens (tertiary/aromatic N) is 4. The van der Waals surface area contributed by atoms with E-state index in [0.29, 0.717) is 24.5 Å². The van der Waals surface area contributed by atoms with Crippen molar-refractivity contribution >= 4 is 17.2 Å². The van der Waals surface area contributed by atoms with Crippen LogP contribution in [-0.4, -0.2) is 43.9 Å². The zero-order valence-corrected chi connectivity index (χ0v) is 18.4. The zero-order chi connectivity index (χ0) is 23.7. The lowest BCUT2D eigenvalue weighted by Gasteiger charge is -2.22. The van der Waals surface area contributed by atoms with Crippen molar-refractivity contribution in [3.8, 4) is 27.6 Å². The number of carbonyl (C=O) groups excluding carboxylic acids is 1. The maximum Gasteiger partial charge on any atom is 0.573 e. The Morgan fingerprint density at radius 2 is 1.85 bits per heavy atom. The fourth-order valence-corrected chi connectivity index (χ4v) is 4.83. The van der Waals surface area contributed by atoms with Gasteiger partial charge < -0.3 is 14.6 Å². The second-order valence-corrected chi connectivity index (χ2v) is 8.51. The van der Waals surface area contributed by atoms with E-state index < -0.39 is 12.4 Å². The molecule has 1 aliphatic rings. The third kappa shape index (κ3) is 4.38. The summed E-state index contributed by atoms with van der Waals surface area (Å²) in [5.41, 5.74) is 3.05. The highest BCUT2D eigenvalue weighted by molar-refractivity contribution is 7.13. The van der Waals surface area contributed by atoms with E-state index >= 15 is 0 Å². The number of benzene rings is 2. The monoisotopic (exact) mass is 485 g/mol. The van der Waals surface area contributed by atoms with Gasteiger partial charge in [0, 0.05) is 6.54 Å². The van der Waals surface area contributed by atoms with Crippen molar-refractivity contribution in [1.29, 1.82) is 0 Å². The Morgan fingerprint density at radius 3 is 2.65 bits per heavy atom. The molecule has 1 amide bonds. The minimum Gasteiger partial charge on any atom is -0.405 e. The molecule has 2 aromatic heterocycles. The van der Waals surface area contributed by atoms with Gasteiger partial charge in [0.05, 0.1) is 22.0 Å². The number of aromatic amines is 1. The normalized spacial score (nSPS) is 16.1. The van der Waals surface area contributed by atoms with Gasteiger partial charge in [-0.2, -0.15) is 0 Å². The molecular weight excluding hydrogens is 467 g/mol. The standard InChI is InChI=1S/C23H18F3N5O2S/c24-23(25,26)33-17-11-5-4-9-15(17)20-28-21(30-29-20)16-10-6-12-31(16)22(32)18-19(34-13-27-18)14-7-2-1-3-8-14/h1-5,7-9,11,13,16H,6,10,12H2,(H,28,29,30). The Hall–Kier alpha value is -3.73. The van der Waals surface area contributed by atoms with Gasteiger partial charge in [-0.3, -0.25) is 4.79 Å². The van der Waals surface area contributed by atoms with E-state index in [-0.39, 0.29) is 23.0 Å². The van der Waals surface area contributed by atoms with Gasteiger partial charge in [-0.25, -0.2) is 4.98 Å². The van der Waals surface area contributed by atoms with E-state index in [1.807, 2.05) is 30.3 Å². The van der Waals surface area contributed by atoms with Crippen LogP contribution in [0.1, 0.15) is 35.2 Å². The highest BCUT2D eigenvalue weighted by atomic mass is 32.1. The Labute approximate surface area is 196 Å². The number of aromatic nitrogens is 4. The van der Waals surface area contributed by atoms with Crippen molar-refractivity contribution in [2.75, 3.05) is 6.54 Å². The molecule has 0 aliphatic carbocycles. The van der Waals surface area contributed by atoms with E-state index in [0.717, 1.165) is 16.9 Å². The predicted octanol–water partition coefficient (Wildman–Crippen LogP) is 5.47. The Kier molecular flexibility index (Phi) is 5.78. The summed E-state index contributed by atoms with van der Waals surface area (Å²) in [6.45, 7) is 0.513.